The average molecular weight is 473 g/mol. The summed E-state index contributed by atoms with van der Waals surface area (Å²) in [6.07, 6.45) is 0.780. The Labute approximate surface area is 212 Å². The lowest BCUT2D eigenvalue weighted by Gasteiger charge is -2.36. The second-order valence-corrected chi connectivity index (χ2v) is 9.03. The highest BCUT2D eigenvalue weighted by Gasteiger charge is 2.27. The van der Waals surface area contributed by atoms with E-state index in [1.807, 2.05) is 65.6 Å². The van der Waals surface area contributed by atoms with Crippen LogP contribution in [0.15, 0.2) is 103 Å². The number of amides is 2. The van der Waals surface area contributed by atoms with E-state index in [9.17, 15) is 10.1 Å². The Kier molecular flexibility index (Phi) is 7.07. The fraction of sp³-hybridized carbons (Fsp3) is 0.161. The smallest absolute Gasteiger partial charge is 0.319 e. The molecule has 1 atom stereocenters. The molecule has 0 radical (unpaired) electrons. The molecule has 1 fully saturated rings. The first-order valence-electron chi connectivity index (χ1n) is 12.2. The van der Waals surface area contributed by atoms with Crippen LogP contribution in [0.25, 0.3) is 22.3 Å². The SMILES string of the molecule is N#Cc1cccc(-c2cccc(NC(=O)N3CCNCC3Cc3cccc(-c4ccccc4)c3)c2)c1. The third-order valence-corrected chi connectivity index (χ3v) is 6.56. The van der Waals surface area contributed by atoms with Gasteiger partial charge in [-0.1, -0.05) is 78.9 Å². The number of carbonyl (C=O) groups excluding carboxylic acids is 1. The normalized spacial score (nSPS) is 15.2. The Hall–Kier alpha value is -4.40. The number of benzene rings is 4. The molecule has 5 heteroatoms. The van der Waals surface area contributed by atoms with E-state index in [0.29, 0.717) is 12.1 Å². The third-order valence-electron chi connectivity index (χ3n) is 6.56. The summed E-state index contributed by atoms with van der Waals surface area (Å²) in [6, 6.07) is 36.3. The highest BCUT2D eigenvalue weighted by Crippen LogP contribution is 2.25. The van der Waals surface area contributed by atoms with Crippen LogP contribution in [-0.2, 0) is 6.42 Å². The minimum Gasteiger partial charge on any atom is -0.319 e. The van der Waals surface area contributed by atoms with E-state index in [1.54, 1.807) is 6.07 Å². The van der Waals surface area contributed by atoms with Crippen molar-refractivity contribution in [2.45, 2.75) is 12.5 Å². The van der Waals surface area contributed by atoms with E-state index in [0.717, 1.165) is 36.3 Å². The second-order valence-electron chi connectivity index (χ2n) is 9.03. The Balaban J connectivity index is 1.31. The molecule has 2 N–H and O–H groups in total. The number of carbonyl (C=O) groups is 1. The number of piperazine rings is 1. The van der Waals surface area contributed by atoms with Crippen LogP contribution in [-0.4, -0.2) is 36.6 Å². The number of nitriles is 1. The lowest BCUT2D eigenvalue weighted by Crippen LogP contribution is -2.55. The molecule has 0 saturated carbocycles. The molecule has 1 heterocycles. The monoisotopic (exact) mass is 472 g/mol. The molecule has 178 valence electrons. The molecule has 1 aliphatic heterocycles. The van der Waals surface area contributed by atoms with Gasteiger partial charge in [0.05, 0.1) is 11.6 Å². The molecule has 5 rings (SSSR count). The maximum atomic E-state index is 13.3. The van der Waals surface area contributed by atoms with Crippen LogP contribution in [0.5, 0.6) is 0 Å². The van der Waals surface area contributed by atoms with E-state index in [2.05, 4.69) is 53.1 Å². The van der Waals surface area contributed by atoms with Crippen LogP contribution in [0, 0.1) is 11.3 Å². The summed E-state index contributed by atoms with van der Waals surface area (Å²) < 4.78 is 0. The van der Waals surface area contributed by atoms with Gasteiger partial charge in [-0.15, -0.1) is 0 Å². The van der Waals surface area contributed by atoms with Crippen molar-refractivity contribution in [2.24, 2.45) is 0 Å². The van der Waals surface area contributed by atoms with E-state index in [1.165, 1.54) is 16.7 Å². The molecule has 1 saturated heterocycles. The standard InChI is InChI=1S/C31H28N4O/c32-21-24-8-5-12-27(18-24)28-13-6-14-29(20-28)34-31(36)35-16-15-33-22-30(35)19-23-7-4-11-26(17-23)25-9-2-1-3-10-25/h1-14,17-18,20,30,33H,15-16,19,22H2,(H,34,36). The molecule has 0 spiro atoms. The number of hydrogen-bond acceptors (Lipinski definition) is 3. The fourth-order valence-corrected chi connectivity index (χ4v) is 4.73. The van der Waals surface area contributed by atoms with Crippen molar-refractivity contribution in [3.8, 4) is 28.3 Å². The zero-order valence-electron chi connectivity index (χ0n) is 20.0. The van der Waals surface area contributed by atoms with Gasteiger partial charge in [0.15, 0.2) is 0 Å². The van der Waals surface area contributed by atoms with Crippen LogP contribution in [0.2, 0.25) is 0 Å². The molecule has 4 aromatic carbocycles. The Morgan fingerprint density at radius 3 is 2.36 bits per heavy atom. The maximum absolute atomic E-state index is 13.3. The zero-order valence-corrected chi connectivity index (χ0v) is 20.0. The summed E-state index contributed by atoms with van der Waals surface area (Å²) in [5.74, 6) is 0. The summed E-state index contributed by atoms with van der Waals surface area (Å²) in [5, 5.41) is 15.8. The third kappa shape index (κ3) is 5.46. The Morgan fingerprint density at radius 2 is 1.56 bits per heavy atom. The van der Waals surface area contributed by atoms with Crippen molar-refractivity contribution in [3.63, 3.8) is 0 Å². The van der Waals surface area contributed by atoms with Gasteiger partial charge in [-0.3, -0.25) is 0 Å². The number of nitrogens with zero attached hydrogens (tertiary/aromatic N) is 2. The predicted molar refractivity (Wildman–Crippen MR) is 145 cm³/mol. The fourth-order valence-electron chi connectivity index (χ4n) is 4.73. The first kappa shape index (κ1) is 23.3. The van der Waals surface area contributed by atoms with Crippen LogP contribution >= 0.6 is 0 Å². The number of anilines is 1. The number of hydrogen-bond donors (Lipinski definition) is 2. The predicted octanol–water partition coefficient (Wildman–Crippen LogP) is 5.94. The number of nitrogens with one attached hydrogen (secondary N) is 2. The average Bonchev–Trinajstić information content (AvgIpc) is 2.94. The van der Waals surface area contributed by atoms with E-state index < -0.39 is 0 Å². The van der Waals surface area contributed by atoms with Crippen molar-refractivity contribution in [3.05, 3.63) is 114 Å². The van der Waals surface area contributed by atoms with Crippen LogP contribution in [0.3, 0.4) is 0 Å². The van der Waals surface area contributed by atoms with Crippen molar-refractivity contribution < 1.29 is 4.79 Å². The van der Waals surface area contributed by atoms with Gasteiger partial charge in [0.1, 0.15) is 0 Å². The molecular weight excluding hydrogens is 444 g/mol. The molecule has 2 amide bonds. The molecular formula is C31H28N4O. The second kappa shape index (κ2) is 10.9. The van der Waals surface area contributed by atoms with Gasteiger partial charge in [-0.25, -0.2) is 4.79 Å². The minimum atomic E-state index is -0.0939. The summed E-state index contributed by atoms with van der Waals surface area (Å²) in [4.78, 5) is 15.3. The van der Waals surface area contributed by atoms with Gasteiger partial charge in [0.2, 0.25) is 0 Å². The van der Waals surface area contributed by atoms with E-state index in [4.69, 9.17) is 0 Å². The number of rotatable bonds is 5. The minimum absolute atomic E-state index is 0.0558. The van der Waals surface area contributed by atoms with Gasteiger partial charge in [0.25, 0.3) is 0 Å². The highest BCUT2D eigenvalue weighted by molar-refractivity contribution is 5.90. The lowest BCUT2D eigenvalue weighted by atomic mass is 9.98. The van der Waals surface area contributed by atoms with Gasteiger partial charge in [-0.2, -0.15) is 5.26 Å². The summed E-state index contributed by atoms with van der Waals surface area (Å²) in [5.41, 5.74) is 6.84. The molecule has 0 bridgehead atoms. The first-order valence-corrected chi connectivity index (χ1v) is 12.2. The first-order chi connectivity index (χ1) is 17.7. The highest BCUT2D eigenvalue weighted by atomic mass is 16.2. The maximum Gasteiger partial charge on any atom is 0.322 e. The zero-order chi connectivity index (χ0) is 24.7. The summed E-state index contributed by atoms with van der Waals surface area (Å²) in [6.45, 7) is 2.18. The van der Waals surface area contributed by atoms with Crippen molar-refractivity contribution in [1.82, 2.24) is 10.2 Å². The summed E-state index contributed by atoms with van der Waals surface area (Å²) >= 11 is 0. The molecule has 1 aliphatic rings. The van der Waals surface area contributed by atoms with Crippen molar-refractivity contribution >= 4 is 11.7 Å². The summed E-state index contributed by atoms with van der Waals surface area (Å²) in [7, 11) is 0. The number of urea groups is 1. The molecule has 5 nitrogen and oxygen atoms in total. The Morgan fingerprint density at radius 1 is 0.861 bits per heavy atom. The molecule has 1 unspecified atom stereocenters. The quantitative estimate of drug-likeness (QED) is 0.378. The van der Waals surface area contributed by atoms with Crippen LogP contribution in [0.1, 0.15) is 11.1 Å². The Bertz CT molecular complexity index is 1390. The largest absolute Gasteiger partial charge is 0.322 e. The van der Waals surface area contributed by atoms with Gasteiger partial charge in [-0.05, 0) is 58.5 Å². The lowest BCUT2D eigenvalue weighted by molar-refractivity contribution is 0.170. The van der Waals surface area contributed by atoms with E-state index in [-0.39, 0.29) is 12.1 Å². The van der Waals surface area contributed by atoms with Crippen molar-refractivity contribution in [2.75, 3.05) is 25.0 Å². The van der Waals surface area contributed by atoms with Gasteiger partial charge in [0, 0.05) is 31.4 Å². The topological polar surface area (TPSA) is 68.2 Å². The van der Waals surface area contributed by atoms with E-state index >= 15 is 0 Å². The van der Waals surface area contributed by atoms with Gasteiger partial charge < -0.3 is 15.5 Å². The van der Waals surface area contributed by atoms with Crippen LogP contribution < -0.4 is 10.6 Å². The molecule has 4 aromatic rings. The van der Waals surface area contributed by atoms with Crippen LogP contribution in [0.4, 0.5) is 10.5 Å². The van der Waals surface area contributed by atoms with Gasteiger partial charge >= 0.3 is 6.03 Å². The molecule has 0 aliphatic carbocycles. The van der Waals surface area contributed by atoms with Crippen molar-refractivity contribution in [1.29, 1.82) is 5.26 Å². The molecule has 0 aromatic heterocycles. The molecule has 36 heavy (non-hydrogen) atoms.